The number of ether oxygens (including phenoxy) is 1. The molecule has 0 aromatic carbocycles. The molecule has 1 atom stereocenters. The van der Waals surface area contributed by atoms with Crippen molar-refractivity contribution in [2.75, 3.05) is 0 Å². The van der Waals surface area contributed by atoms with Gasteiger partial charge in [0.1, 0.15) is 5.60 Å². The lowest BCUT2D eigenvalue weighted by Crippen LogP contribution is -2.26. The molecule has 1 heterocycles. The highest BCUT2D eigenvalue weighted by Crippen LogP contribution is 2.21. The van der Waals surface area contributed by atoms with E-state index in [4.69, 9.17) is 9.84 Å². The van der Waals surface area contributed by atoms with Gasteiger partial charge in [0.15, 0.2) is 0 Å². The van der Waals surface area contributed by atoms with E-state index in [1.165, 1.54) is 6.20 Å². The molecule has 0 saturated carbocycles. The number of carboxylic acids is 1. The van der Waals surface area contributed by atoms with Crippen LogP contribution < -0.4 is 0 Å². The van der Waals surface area contributed by atoms with E-state index >= 15 is 0 Å². The van der Waals surface area contributed by atoms with E-state index in [0.717, 1.165) is 0 Å². The zero-order valence-corrected chi connectivity index (χ0v) is 10.7. The minimum atomic E-state index is -1.06. The molecule has 0 radical (unpaired) electrons. The minimum Gasteiger partial charge on any atom is -0.481 e. The van der Waals surface area contributed by atoms with Crippen molar-refractivity contribution in [3.05, 3.63) is 30.1 Å². The van der Waals surface area contributed by atoms with Crippen molar-refractivity contribution in [2.45, 2.75) is 38.7 Å². The second-order valence-electron chi connectivity index (χ2n) is 4.97. The largest absolute Gasteiger partial charge is 0.481 e. The maximum absolute atomic E-state index is 11.6. The van der Waals surface area contributed by atoms with Gasteiger partial charge in [-0.25, -0.2) is 0 Å². The fourth-order valence-corrected chi connectivity index (χ4v) is 1.48. The third-order valence-electron chi connectivity index (χ3n) is 2.18. The summed E-state index contributed by atoms with van der Waals surface area (Å²) in [5, 5.41) is 9.14. The molecule has 1 unspecified atom stereocenters. The Morgan fingerprint density at radius 2 is 2.11 bits per heavy atom. The lowest BCUT2D eigenvalue weighted by molar-refractivity contribution is -0.158. The number of rotatable bonds is 4. The first-order valence-corrected chi connectivity index (χ1v) is 5.64. The van der Waals surface area contributed by atoms with Gasteiger partial charge in [-0.05, 0) is 32.4 Å². The summed E-state index contributed by atoms with van der Waals surface area (Å²) in [7, 11) is 0. The van der Waals surface area contributed by atoms with Gasteiger partial charge in [0.25, 0.3) is 0 Å². The van der Waals surface area contributed by atoms with Crippen molar-refractivity contribution in [2.24, 2.45) is 0 Å². The van der Waals surface area contributed by atoms with E-state index in [0.29, 0.717) is 5.56 Å². The molecule has 1 rings (SSSR count). The Balaban J connectivity index is 2.77. The third-order valence-corrected chi connectivity index (χ3v) is 2.18. The van der Waals surface area contributed by atoms with Gasteiger partial charge in [0.2, 0.25) is 0 Å². The molecule has 0 aliphatic heterocycles. The molecule has 0 amide bonds. The van der Waals surface area contributed by atoms with Crippen LogP contribution in [0.2, 0.25) is 0 Å². The maximum atomic E-state index is 11.6. The first-order chi connectivity index (χ1) is 8.29. The van der Waals surface area contributed by atoms with E-state index in [9.17, 15) is 9.59 Å². The summed E-state index contributed by atoms with van der Waals surface area (Å²) >= 11 is 0. The van der Waals surface area contributed by atoms with E-state index in [1.54, 1.807) is 39.1 Å². The number of nitrogens with zero attached hydrogens (tertiary/aromatic N) is 1. The molecule has 5 nitrogen and oxygen atoms in total. The number of pyridine rings is 1. The molecule has 0 spiro atoms. The van der Waals surface area contributed by atoms with E-state index in [-0.39, 0.29) is 6.42 Å². The number of hydrogen-bond acceptors (Lipinski definition) is 4. The topological polar surface area (TPSA) is 76.5 Å². The maximum Gasteiger partial charge on any atom is 0.311 e. The van der Waals surface area contributed by atoms with Crippen LogP contribution in [-0.2, 0) is 14.3 Å². The standard InChI is InChI=1S/C13H17NO4/c1-13(2,3)18-11(15)7-10(12(16)17)9-5-4-6-14-8-9/h4-6,8,10H,7H2,1-3H3,(H,16,17). The summed E-state index contributed by atoms with van der Waals surface area (Å²) < 4.78 is 5.12. The predicted octanol–water partition coefficient (Wildman–Crippen LogP) is 1.98. The number of aliphatic carboxylic acids is 1. The van der Waals surface area contributed by atoms with E-state index in [1.807, 2.05) is 0 Å². The van der Waals surface area contributed by atoms with Crippen molar-refractivity contribution >= 4 is 11.9 Å². The van der Waals surface area contributed by atoms with Crippen LogP contribution >= 0.6 is 0 Å². The fraction of sp³-hybridized carbons (Fsp3) is 0.462. The van der Waals surface area contributed by atoms with Crippen LogP contribution in [-0.4, -0.2) is 27.6 Å². The van der Waals surface area contributed by atoms with Gasteiger partial charge in [0, 0.05) is 12.4 Å². The number of carboxylic acid groups (broad SMARTS) is 1. The zero-order valence-electron chi connectivity index (χ0n) is 10.7. The molecule has 1 aromatic rings. The molecule has 0 fully saturated rings. The molecule has 0 aliphatic carbocycles. The summed E-state index contributed by atoms with van der Waals surface area (Å²) in [6.07, 6.45) is 2.80. The van der Waals surface area contributed by atoms with Crippen molar-refractivity contribution in [1.82, 2.24) is 4.98 Å². The molecular weight excluding hydrogens is 234 g/mol. The normalized spacial score (nSPS) is 12.8. The van der Waals surface area contributed by atoms with Crippen molar-refractivity contribution in [1.29, 1.82) is 0 Å². The SMILES string of the molecule is CC(C)(C)OC(=O)CC(C(=O)O)c1cccnc1. The summed E-state index contributed by atoms with van der Waals surface area (Å²) in [5.41, 5.74) is -0.120. The van der Waals surface area contributed by atoms with Gasteiger partial charge in [0.05, 0.1) is 12.3 Å². The fourth-order valence-electron chi connectivity index (χ4n) is 1.48. The number of carbonyl (C=O) groups is 2. The molecule has 0 bridgehead atoms. The number of hydrogen-bond donors (Lipinski definition) is 1. The molecule has 1 N–H and O–H groups in total. The van der Waals surface area contributed by atoms with Crippen LogP contribution in [0.25, 0.3) is 0 Å². The molecule has 98 valence electrons. The van der Waals surface area contributed by atoms with Gasteiger partial charge < -0.3 is 9.84 Å². The molecular formula is C13H17NO4. The second kappa shape index (κ2) is 5.62. The van der Waals surface area contributed by atoms with Crippen molar-refractivity contribution < 1.29 is 19.4 Å². The highest BCUT2D eigenvalue weighted by atomic mass is 16.6. The lowest BCUT2D eigenvalue weighted by atomic mass is 9.97. The smallest absolute Gasteiger partial charge is 0.311 e. The van der Waals surface area contributed by atoms with Crippen molar-refractivity contribution in [3.63, 3.8) is 0 Å². The molecule has 18 heavy (non-hydrogen) atoms. The minimum absolute atomic E-state index is 0.196. The van der Waals surface area contributed by atoms with Gasteiger partial charge in [-0.2, -0.15) is 0 Å². The number of aromatic nitrogens is 1. The monoisotopic (exact) mass is 251 g/mol. The van der Waals surface area contributed by atoms with Gasteiger partial charge in [-0.3, -0.25) is 14.6 Å². The van der Waals surface area contributed by atoms with Crippen LogP contribution in [0.3, 0.4) is 0 Å². The van der Waals surface area contributed by atoms with Gasteiger partial charge in [-0.1, -0.05) is 6.07 Å². The first kappa shape index (κ1) is 14.2. The highest BCUT2D eigenvalue weighted by Gasteiger charge is 2.26. The Morgan fingerprint density at radius 3 is 2.56 bits per heavy atom. The average molecular weight is 251 g/mol. The Labute approximate surface area is 106 Å². The first-order valence-electron chi connectivity index (χ1n) is 5.64. The Morgan fingerprint density at radius 1 is 1.44 bits per heavy atom. The quantitative estimate of drug-likeness (QED) is 0.828. The third kappa shape index (κ3) is 4.53. The van der Waals surface area contributed by atoms with Crippen LogP contribution in [0, 0.1) is 0 Å². The van der Waals surface area contributed by atoms with Crippen LogP contribution in [0.5, 0.6) is 0 Å². The molecule has 0 saturated heterocycles. The van der Waals surface area contributed by atoms with E-state index < -0.39 is 23.5 Å². The second-order valence-corrected chi connectivity index (χ2v) is 4.97. The summed E-state index contributed by atoms with van der Waals surface area (Å²) in [6.45, 7) is 5.22. The summed E-state index contributed by atoms with van der Waals surface area (Å²) in [5.74, 6) is -2.51. The Kier molecular flexibility index (Phi) is 4.42. The molecule has 5 heteroatoms. The van der Waals surface area contributed by atoms with Gasteiger partial charge >= 0.3 is 11.9 Å². The average Bonchev–Trinajstić information content (AvgIpc) is 2.24. The zero-order chi connectivity index (χ0) is 13.8. The highest BCUT2D eigenvalue weighted by molar-refractivity contribution is 5.83. The number of esters is 1. The van der Waals surface area contributed by atoms with Crippen LogP contribution in [0.15, 0.2) is 24.5 Å². The summed E-state index contributed by atoms with van der Waals surface area (Å²) in [4.78, 5) is 26.7. The lowest BCUT2D eigenvalue weighted by Gasteiger charge is -2.21. The molecule has 1 aromatic heterocycles. The van der Waals surface area contributed by atoms with E-state index in [2.05, 4.69) is 4.98 Å². The predicted molar refractivity (Wildman–Crippen MR) is 65.1 cm³/mol. The summed E-state index contributed by atoms with van der Waals surface area (Å²) in [6, 6.07) is 3.27. The Hall–Kier alpha value is -1.91. The van der Waals surface area contributed by atoms with Crippen LogP contribution in [0.4, 0.5) is 0 Å². The van der Waals surface area contributed by atoms with Crippen LogP contribution in [0.1, 0.15) is 38.7 Å². The number of carbonyl (C=O) groups excluding carboxylic acids is 1. The Bertz CT molecular complexity index is 422. The van der Waals surface area contributed by atoms with Gasteiger partial charge in [-0.15, -0.1) is 0 Å². The molecule has 0 aliphatic rings. The van der Waals surface area contributed by atoms with Crippen molar-refractivity contribution in [3.8, 4) is 0 Å².